The highest BCUT2D eigenvalue weighted by Crippen LogP contribution is 2.31. The lowest BCUT2D eigenvalue weighted by atomic mass is 9.89. The van der Waals surface area contributed by atoms with Crippen molar-refractivity contribution in [3.8, 4) is 0 Å². The molecule has 11 heteroatoms. The molecule has 1 aliphatic heterocycles. The van der Waals surface area contributed by atoms with E-state index in [1.165, 1.54) is 8.61 Å². The molecular weight excluding hydrogens is 534 g/mol. The van der Waals surface area contributed by atoms with Gasteiger partial charge in [0.25, 0.3) is 0 Å². The second kappa shape index (κ2) is 11.8. The van der Waals surface area contributed by atoms with Crippen LogP contribution >= 0.6 is 11.6 Å². The Morgan fingerprint density at radius 3 is 2.32 bits per heavy atom. The molecule has 1 saturated carbocycles. The van der Waals surface area contributed by atoms with Gasteiger partial charge in [0, 0.05) is 36.7 Å². The number of hydrogen-bond acceptors (Lipinski definition) is 5. The Kier molecular flexibility index (Phi) is 8.96. The second-order valence-corrected chi connectivity index (χ2v) is 14.2. The summed E-state index contributed by atoms with van der Waals surface area (Å²) in [5.41, 5.74) is 0.802. The van der Waals surface area contributed by atoms with E-state index in [-0.39, 0.29) is 29.9 Å². The minimum Gasteiger partial charge on any atom is -0.351 e. The highest BCUT2D eigenvalue weighted by atomic mass is 35.5. The van der Waals surface area contributed by atoms with Gasteiger partial charge in [-0.25, -0.2) is 21.1 Å². The summed E-state index contributed by atoms with van der Waals surface area (Å²) in [5, 5.41) is 3.69. The molecule has 0 bridgehead atoms. The number of nitrogens with one attached hydrogen (secondary N) is 1. The third-order valence-electron chi connectivity index (χ3n) is 7.25. The van der Waals surface area contributed by atoms with Crippen molar-refractivity contribution in [2.24, 2.45) is 5.92 Å². The van der Waals surface area contributed by atoms with E-state index >= 15 is 0 Å². The van der Waals surface area contributed by atoms with Crippen LogP contribution in [0.3, 0.4) is 0 Å². The van der Waals surface area contributed by atoms with Gasteiger partial charge < -0.3 is 5.32 Å². The molecular formula is C26H34ClN3O5S2. The smallest absolute Gasteiger partial charge is 0.243 e. The third-order valence-corrected chi connectivity index (χ3v) is 10.7. The molecule has 2 aromatic carbocycles. The predicted molar refractivity (Wildman–Crippen MR) is 144 cm³/mol. The van der Waals surface area contributed by atoms with E-state index in [2.05, 4.69) is 5.32 Å². The van der Waals surface area contributed by atoms with E-state index in [0.717, 1.165) is 24.7 Å². The minimum absolute atomic E-state index is 0.150. The first-order valence-corrected chi connectivity index (χ1v) is 16.3. The van der Waals surface area contributed by atoms with Gasteiger partial charge in [0.05, 0.1) is 17.1 Å². The van der Waals surface area contributed by atoms with Crippen molar-refractivity contribution in [1.29, 1.82) is 0 Å². The fourth-order valence-corrected chi connectivity index (χ4v) is 8.00. The SMILES string of the molecule is CS(=O)(=O)N1CCC[C@@H](C(=O)N[C@@H]2CCCC[C@H]2N(Cc2ccc(Cl)cc2)S(=O)(=O)c2ccccc2)C1. The van der Waals surface area contributed by atoms with E-state index < -0.39 is 32.0 Å². The van der Waals surface area contributed by atoms with Crippen LogP contribution in [0.5, 0.6) is 0 Å². The lowest BCUT2D eigenvalue weighted by Gasteiger charge is -2.40. The summed E-state index contributed by atoms with van der Waals surface area (Å²) in [6.45, 7) is 0.717. The van der Waals surface area contributed by atoms with E-state index in [4.69, 9.17) is 11.6 Å². The molecule has 0 radical (unpaired) electrons. The molecule has 1 saturated heterocycles. The molecule has 1 aliphatic carbocycles. The Morgan fingerprint density at radius 1 is 0.973 bits per heavy atom. The molecule has 1 N–H and O–H groups in total. The van der Waals surface area contributed by atoms with Gasteiger partial charge in [0.1, 0.15) is 0 Å². The van der Waals surface area contributed by atoms with E-state index in [9.17, 15) is 21.6 Å². The molecule has 1 amide bonds. The minimum atomic E-state index is -3.87. The first-order valence-electron chi connectivity index (χ1n) is 12.6. The molecule has 3 atom stereocenters. The highest BCUT2D eigenvalue weighted by molar-refractivity contribution is 7.89. The molecule has 2 aromatic rings. The zero-order valence-electron chi connectivity index (χ0n) is 20.9. The van der Waals surface area contributed by atoms with Crippen LogP contribution in [0.25, 0.3) is 0 Å². The normalized spacial score (nSPS) is 23.6. The molecule has 202 valence electrons. The first kappa shape index (κ1) is 28.0. The van der Waals surface area contributed by atoms with Crippen molar-refractivity contribution in [2.75, 3.05) is 19.3 Å². The lowest BCUT2D eigenvalue weighted by molar-refractivity contribution is -0.127. The van der Waals surface area contributed by atoms with Crippen LogP contribution in [0.2, 0.25) is 5.02 Å². The van der Waals surface area contributed by atoms with Gasteiger partial charge in [-0.05, 0) is 55.5 Å². The Hall–Kier alpha value is -1.98. The number of carbonyl (C=O) groups is 1. The summed E-state index contributed by atoms with van der Waals surface area (Å²) in [7, 11) is -7.25. The van der Waals surface area contributed by atoms with Crippen molar-refractivity contribution < 1.29 is 21.6 Å². The molecule has 4 rings (SSSR count). The van der Waals surface area contributed by atoms with Crippen molar-refractivity contribution >= 4 is 37.6 Å². The Morgan fingerprint density at radius 2 is 1.65 bits per heavy atom. The molecule has 8 nitrogen and oxygen atoms in total. The number of piperidine rings is 1. The van der Waals surface area contributed by atoms with Gasteiger partial charge in [-0.3, -0.25) is 4.79 Å². The summed E-state index contributed by atoms with van der Waals surface area (Å²) in [4.78, 5) is 13.5. The summed E-state index contributed by atoms with van der Waals surface area (Å²) in [5.74, 6) is -0.671. The van der Waals surface area contributed by atoms with Crippen LogP contribution in [0.4, 0.5) is 0 Å². The number of amides is 1. The first-order chi connectivity index (χ1) is 17.6. The zero-order chi connectivity index (χ0) is 26.6. The van der Waals surface area contributed by atoms with Crippen molar-refractivity contribution in [1.82, 2.24) is 13.9 Å². The summed E-state index contributed by atoms with van der Waals surface area (Å²) < 4.78 is 54.7. The van der Waals surface area contributed by atoms with Gasteiger partial charge in [-0.1, -0.05) is 54.8 Å². The van der Waals surface area contributed by atoms with Crippen LogP contribution < -0.4 is 5.32 Å². The highest BCUT2D eigenvalue weighted by Gasteiger charge is 2.40. The topological polar surface area (TPSA) is 104 Å². The van der Waals surface area contributed by atoms with Crippen LogP contribution in [0, 0.1) is 5.92 Å². The number of halogens is 1. The molecule has 0 aromatic heterocycles. The molecule has 2 fully saturated rings. The zero-order valence-corrected chi connectivity index (χ0v) is 23.3. The van der Waals surface area contributed by atoms with Crippen LogP contribution in [0.1, 0.15) is 44.1 Å². The van der Waals surface area contributed by atoms with Crippen molar-refractivity contribution in [2.45, 2.75) is 62.0 Å². The fourth-order valence-electron chi connectivity index (χ4n) is 5.26. The summed E-state index contributed by atoms with van der Waals surface area (Å²) in [6.07, 6.45) is 5.38. The van der Waals surface area contributed by atoms with Crippen LogP contribution in [-0.4, -0.2) is 62.8 Å². The lowest BCUT2D eigenvalue weighted by Crippen LogP contribution is -2.56. The number of nitrogens with zero attached hydrogens (tertiary/aromatic N) is 2. The third kappa shape index (κ3) is 6.92. The Bertz CT molecular complexity index is 1290. The summed E-state index contributed by atoms with van der Waals surface area (Å²) >= 11 is 6.05. The number of sulfonamides is 2. The maximum Gasteiger partial charge on any atom is 0.243 e. The van der Waals surface area contributed by atoms with Gasteiger partial charge in [0.15, 0.2) is 0 Å². The van der Waals surface area contributed by atoms with Gasteiger partial charge in [-0.15, -0.1) is 0 Å². The number of rotatable bonds is 8. The largest absolute Gasteiger partial charge is 0.351 e. The maximum atomic E-state index is 13.9. The van der Waals surface area contributed by atoms with Crippen molar-refractivity contribution in [3.05, 3.63) is 65.2 Å². The molecule has 0 unspecified atom stereocenters. The van der Waals surface area contributed by atoms with Crippen LogP contribution in [-0.2, 0) is 31.4 Å². The quantitative estimate of drug-likeness (QED) is 0.524. The molecule has 37 heavy (non-hydrogen) atoms. The standard InChI is InChI=1S/C26H34ClN3O5S2/c1-36(32,33)29-17-7-8-21(19-29)26(31)28-24-11-5-6-12-25(24)30(18-20-13-15-22(27)16-14-20)37(34,35)23-9-3-2-4-10-23/h2-4,9-10,13-16,21,24-25H,5-8,11-12,17-19H2,1H3,(H,28,31)/t21-,24-,25-/m1/s1. The van der Waals surface area contributed by atoms with Crippen LogP contribution in [0.15, 0.2) is 59.5 Å². The van der Waals surface area contributed by atoms with Crippen molar-refractivity contribution in [3.63, 3.8) is 0 Å². The Balaban J connectivity index is 1.60. The molecule has 0 spiro atoms. The average Bonchev–Trinajstić information content (AvgIpc) is 2.89. The fraction of sp³-hybridized carbons (Fsp3) is 0.500. The number of hydrogen-bond donors (Lipinski definition) is 1. The Labute approximate surface area is 225 Å². The van der Waals surface area contributed by atoms with E-state index in [0.29, 0.717) is 37.3 Å². The molecule has 1 heterocycles. The van der Waals surface area contributed by atoms with Gasteiger partial charge in [0.2, 0.25) is 26.0 Å². The predicted octanol–water partition coefficient (Wildman–Crippen LogP) is 3.63. The second-order valence-electron chi connectivity index (χ2n) is 9.92. The molecule has 2 aliphatic rings. The van der Waals surface area contributed by atoms with E-state index in [1.807, 2.05) is 12.1 Å². The van der Waals surface area contributed by atoms with E-state index in [1.54, 1.807) is 42.5 Å². The maximum absolute atomic E-state index is 13.9. The van der Waals surface area contributed by atoms with Gasteiger partial charge in [-0.2, -0.15) is 4.31 Å². The van der Waals surface area contributed by atoms with Gasteiger partial charge >= 0.3 is 0 Å². The summed E-state index contributed by atoms with van der Waals surface area (Å²) in [6, 6.07) is 14.6. The monoisotopic (exact) mass is 567 g/mol. The number of benzene rings is 2. The average molecular weight is 568 g/mol. The number of carbonyl (C=O) groups excluding carboxylic acids is 1.